The van der Waals surface area contributed by atoms with Crippen LogP contribution in [0.3, 0.4) is 0 Å². The zero-order chi connectivity index (χ0) is 17.2. The fraction of sp³-hybridized carbons (Fsp3) is 0.632. The average Bonchev–Trinajstić information content (AvgIpc) is 3.20. The van der Waals surface area contributed by atoms with Gasteiger partial charge in [0.25, 0.3) is 11.6 Å². The molecule has 0 radical (unpaired) electrons. The first-order chi connectivity index (χ1) is 12.3. The summed E-state index contributed by atoms with van der Waals surface area (Å²) in [6, 6.07) is 1.96. The molecule has 2 aromatic rings. The maximum Gasteiger partial charge on any atom is 0.259 e. The first kappa shape index (κ1) is 19.1. The highest BCUT2D eigenvalue weighted by atomic mass is 35.5. The Morgan fingerprint density at radius 3 is 2.92 bits per heavy atom. The van der Waals surface area contributed by atoms with Crippen molar-refractivity contribution in [1.82, 2.24) is 20.8 Å². The topological polar surface area (TPSA) is 80.0 Å². The molecule has 0 spiro atoms. The number of rotatable bonds is 7. The van der Waals surface area contributed by atoms with E-state index in [4.69, 9.17) is 4.52 Å². The molecule has 7 heteroatoms. The summed E-state index contributed by atoms with van der Waals surface area (Å²) < 4.78 is 5.45. The Hall–Kier alpha value is -1.66. The molecule has 2 fully saturated rings. The highest BCUT2D eigenvalue weighted by molar-refractivity contribution is 6.06. The van der Waals surface area contributed by atoms with E-state index in [1.165, 1.54) is 6.42 Å². The summed E-state index contributed by atoms with van der Waals surface area (Å²) in [4.78, 5) is 17.5. The number of fused-ring (bicyclic) bond motifs is 1. The second-order valence-electron chi connectivity index (χ2n) is 7.33. The van der Waals surface area contributed by atoms with E-state index in [1.54, 1.807) is 0 Å². The maximum absolute atomic E-state index is 12.9. The van der Waals surface area contributed by atoms with Crippen LogP contribution < -0.4 is 10.6 Å². The second kappa shape index (κ2) is 8.35. The minimum absolute atomic E-state index is 0. The zero-order valence-electron chi connectivity index (χ0n) is 15.2. The van der Waals surface area contributed by atoms with Crippen molar-refractivity contribution in [2.75, 3.05) is 19.6 Å². The van der Waals surface area contributed by atoms with E-state index in [0.717, 1.165) is 62.0 Å². The number of aryl methyl sites for hydroxylation is 1. The molecule has 26 heavy (non-hydrogen) atoms. The third kappa shape index (κ3) is 4.01. The molecule has 6 nitrogen and oxygen atoms in total. The predicted molar refractivity (Wildman–Crippen MR) is 103 cm³/mol. The molecule has 1 atom stereocenters. The van der Waals surface area contributed by atoms with Crippen LogP contribution in [0.2, 0.25) is 0 Å². The molecule has 1 aliphatic carbocycles. The van der Waals surface area contributed by atoms with Crippen LogP contribution in [0.4, 0.5) is 0 Å². The number of nitrogens with zero attached hydrogens (tertiary/aromatic N) is 2. The highest BCUT2D eigenvalue weighted by Gasteiger charge is 2.29. The molecule has 2 N–H and O–H groups in total. The number of halogens is 1. The van der Waals surface area contributed by atoms with E-state index in [1.807, 2.05) is 6.07 Å². The molecule has 0 bridgehead atoms. The number of carbonyl (C=O) groups is 1. The molecule has 1 saturated heterocycles. The van der Waals surface area contributed by atoms with Crippen molar-refractivity contribution in [3.63, 3.8) is 0 Å². The van der Waals surface area contributed by atoms with Crippen LogP contribution in [-0.2, 0) is 6.42 Å². The molecular weight excluding hydrogens is 352 g/mol. The summed E-state index contributed by atoms with van der Waals surface area (Å²) in [6.07, 6.45) is 6.27. The Bertz CT molecular complexity index is 766. The van der Waals surface area contributed by atoms with Gasteiger partial charge in [-0.2, -0.15) is 0 Å². The lowest BCUT2D eigenvalue weighted by Gasteiger charge is -2.11. The molecule has 0 aromatic carbocycles. The molecule has 1 unspecified atom stereocenters. The molecule has 2 aliphatic rings. The van der Waals surface area contributed by atoms with Crippen molar-refractivity contribution < 1.29 is 9.32 Å². The molecule has 4 rings (SSSR count). The van der Waals surface area contributed by atoms with E-state index in [-0.39, 0.29) is 18.3 Å². The van der Waals surface area contributed by atoms with Gasteiger partial charge in [0, 0.05) is 18.2 Å². The first-order valence-corrected chi connectivity index (χ1v) is 9.54. The van der Waals surface area contributed by atoms with Crippen LogP contribution in [0.1, 0.15) is 66.7 Å². The fourth-order valence-corrected chi connectivity index (χ4v) is 3.65. The van der Waals surface area contributed by atoms with Crippen molar-refractivity contribution in [2.24, 2.45) is 5.92 Å². The zero-order valence-corrected chi connectivity index (χ0v) is 16.0. The van der Waals surface area contributed by atoms with Crippen molar-refractivity contribution in [2.45, 2.75) is 51.4 Å². The molecule has 142 valence electrons. The average molecular weight is 379 g/mol. The lowest BCUT2D eigenvalue weighted by molar-refractivity contribution is 0.0953. The van der Waals surface area contributed by atoms with Crippen LogP contribution >= 0.6 is 12.4 Å². The number of hydrogen-bond donors (Lipinski definition) is 2. The monoisotopic (exact) mass is 378 g/mol. The van der Waals surface area contributed by atoms with Crippen LogP contribution in [0.15, 0.2) is 10.6 Å². The van der Waals surface area contributed by atoms with Crippen molar-refractivity contribution >= 4 is 29.4 Å². The number of aromatic nitrogens is 2. The van der Waals surface area contributed by atoms with Gasteiger partial charge in [-0.05, 0) is 57.2 Å². The van der Waals surface area contributed by atoms with Crippen molar-refractivity contribution in [1.29, 1.82) is 0 Å². The highest BCUT2D eigenvalue weighted by Crippen LogP contribution is 2.40. The Labute approximate surface area is 159 Å². The Morgan fingerprint density at radius 2 is 2.23 bits per heavy atom. The summed E-state index contributed by atoms with van der Waals surface area (Å²) in [5.74, 6) is 1.12. The predicted octanol–water partition coefficient (Wildman–Crippen LogP) is 3.20. The van der Waals surface area contributed by atoms with Gasteiger partial charge >= 0.3 is 0 Å². The van der Waals surface area contributed by atoms with E-state index in [2.05, 4.69) is 27.7 Å². The number of nitrogens with one attached hydrogen (secondary N) is 2. The normalized spacial score (nSPS) is 19.5. The lowest BCUT2D eigenvalue weighted by Crippen LogP contribution is -2.27. The lowest BCUT2D eigenvalue weighted by atomic mass is 10.0. The van der Waals surface area contributed by atoms with E-state index in [9.17, 15) is 4.79 Å². The molecule has 2 aromatic heterocycles. The second-order valence-corrected chi connectivity index (χ2v) is 7.33. The fourth-order valence-electron chi connectivity index (χ4n) is 3.65. The van der Waals surface area contributed by atoms with Gasteiger partial charge in [-0.3, -0.25) is 4.79 Å². The Morgan fingerprint density at radius 1 is 1.38 bits per heavy atom. The van der Waals surface area contributed by atoms with Crippen LogP contribution in [0.25, 0.3) is 11.1 Å². The standard InChI is InChI=1S/C19H26N4O2.ClH/c1-2-3-15-17-14(18(24)21-9-7-12-6-8-20-11-12)10-16(13-4-5-13)22-19(17)25-23-15;/h10,12-13,20H,2-9,11H2,1H3,(H,21,24);1H. The molecule has 1 saturated carbocycles. The van der Waals surface area contributed by atoms with Gasteiger partial charge in [0.2, 0.25) is 0 Å². The van der Waals surface area contributed by atoms with Crippen LogP contribution in [0.5, 0.6) is 0 Å². The maximum atomic E-state index is 12.9. The third-order valence-electron chi connectivity index (χ3n) is 5.26. The summed E-state index contributed by atoms with van der Waals surface area (Å²) in [7, 11) is 0. The van der Waals surface area contributed by atoms with E-state index >= 15 is 0 Å². The summed E-state index contributed by atoms with van der Waals surface area (Å²) in [6.45, 7) is 4.97. The minimum atomic E-state index is -0.0270. The van der Waals surface area contributed by atoms with Gasteiger partial charge in [-0.15, -0.1) is 12.4 Å². The van der Waals surface area contributed by atoms with Crippen LogP contribution in [-0.4, -0.2) is 35.7 Å². The van der Waals surface area contributed by atoms with Gasteiger partial charge < -0.3 is 15.2 Å². The first-order valence-electron chi connectivity index (χ1n) is 9.54. The van der Waals surface area contributed by atoms with Crippen LogP contribution in [0, 0.1) is 5.92 Å². The molecule has 3 heterocycles. The molecule has 1 amide bonds. The van der Waals surface area contributed by atoms with Gasteiger partial charge in [-0.25, -0.2) is 4.98 Å². The van der Waals surface area contributed by atoms with Gasteiger partial charge in [0.15, 0.2) is 0 Å². The SMILES string of the molecule is CCCc1noc2nc(C3CC3)cc(C(=O)NCCC3CCNC3)c12.Cl. The minimum Gasteiger partial charge on any atom is -0.352 e. The number of pyridine rings is 1. The smallest absolute Gasteiger partial charge is 0.259 e. The summed E-state index contributed by atoms with van der Waals surface area (Å²) >= 11 is 0. The van der Waals surface area contributed by atoms with E-state index in [0.29, 0.717) is 29.7 Å². The largest absolute Gasteiger partial charge is 0.352 e. The van der Waals surface area contributed by atoms with E-state index < -0.39 is 0 Å². The third-order valence-corrected chi connectivity index (χ3v) is 5.26. The molecular formula is C19H27ClN4O2. The number of carbonyl (C=O) groups excluding carboxylic acids is 1. The molecule has 1 aliphatic heterocycles. The Kier molecular flexibility index (Phi) is 6.14. The van der Waals surface area contributed by atoms with Gasteiger partial charge in [0.1, 0.15) is 0 Å². The quantitative estimate of drug-likeness (QED) is 0.773. The summed E-state index contributed by atoms with van der Waals surface area (Å²) in [5.41, 5.74) is 3.01. The Balaban J connectivity index is 0.00000196. The van der Waals surface area contributed by atoms with Crippen molar-refractivity contribution in [3.8, 4) is 0 Å². The number of hydrogen-bond acceptors (Lipinski definition) is 5. The van der Waals surface area contributed by atoms with Gasteiger partial charge in [0.05, 0.1) is 16.6 Å². The van der Waals surface area contributed by atoms with Gasteiger partial charge in [-0.1, -0.05) is 18.5 Å². The summed E-state index contributed by atoms with van der Waals surface area (Å²) in [5, 5.41) is 11.4. The van der Waals surface area contributed by atoms with Crippen molar-refractivity contribution in [3.05, 3.63) is 23.0 Å². The number of amides is 1.